The number of carboxylic acid groups (broad SMARTS) is 2. The molecule has 0 aromatic carbocycles. The highest BCUT2D eigenvalue weighted by Gasteiger charge is 2.15. The molecule has 0 aliphatic carbocycles. The largest absolute Gasteiger partial charge is 0.481 e. The Morgan fingerprint density at radius 1 is 1.43 bits per heavy atom. The van der Waals surface area contributed by atoms with E-state index in [1.54, 1.807) is 11.8 Å². The summed E-state index contributed by atoms with van der Waals surface area (Å²) in [5, 5.41) is 19.8. The Balaban J connectivity index is 3.73. The molecule has 5 nitrogen and oxygen atoms in total. The number of rotatable bonds is 8. The van der Waals surface area contributed by atoms with Crippen molar-refractivity contribution in [3.05, 3.63) is 0 Å². The number of hydrogen-bond acceptors (Lipinski definition) is 4. The highest BCUT2D eigenvalue weighted by atomic mass is 32.2. The fraction of sp³-hybridized carbons (Fsp3) is 0.750. The van der Waals surface area contributed by atoms with E-state index in [-0.39, 0.29) is 13.0 Å². The van der Waals surface area contributed by atoms with Gasteiger partial charge in [0, 0.05) is 6.54 Å². The van der Waals surface area contributed by atoms with Gasteiger partial charge in [-0.2, -0.15) is 11.8 Å². The molecule has 0 unspecified atom stereocenters. The minimum atomic E-state index is -0.926. The number of aliphatic carboxylic acids is 2. The first-order valence-corrected chi connectivity index (χ1v) is 5.64. The number of thioether (sulfide) groups is 1. The zero-order valence-electron chi connectivity index (χ0n) is 8.02. The van der Waals surface area contributed by atoms with Gasteiger partial charge in [-0.1, -0.05) is 0 Å². The molecule has 0 heterocycles. The Bertz CT molecular complexity index is 198. The molecule has 0 bridgehead atoms. The molecular formula is C8H15NO4S. The second-order valence-corrected chi connectivity index (χ2v) is 3.76. The van der Waals surface area contributed by atoms with E-state index in [1.807, 2.05) is 6.26 Å². The standard InChI is InChI=1S/C8H15NO4S/c1-14-5-3-6(8(12)13)9-4-2-7(10)11/h6,9H,2-5H2,1H3,(H,10,11)(H,12,13)/t6-/m0/s1. The summed E-state index contributed by atoms with van der Waals surface area (Å²) in [6.07, 6.45) is 2.36. The molecule has 0 fully saturated rings. The molecule has 0 aromatic rings. The van der Waals surface area contributed by atoms with Gasteiger partial charge in [-0.05, 0) is 18.4 Å². The van der Waals surface area contributed by atoms with Gasteiger partial charge in [0.15, 0.2) is 0 Å². The molecule has 0 spiro atoms. The molecule has 0 aliphatic heterocycles. The summed E-state index contributed by atoms with van der Waals surface area (Å²) in [5.74, 6) is -1.10. The molecule has 1 atom stereocenters. The second-order valence-electron chi connectivity index (χ2n) is 2.77. The lowest BCUT2D eigenvalue weighted by Gasteiger charge is -2.12. The van der Waals surface area contributed by atoms with Crippen LogP contribution >= 0.6 is 11.8 Å². The lowest BCUT2D eigenvalue weighted by atomic mass is 10.2. The minimum Gasteiger partial charge on any atom is -0.481 e. The molecule has 0 saturated heterocycles. The fourth-order valence-corrected chi connectivity index (χ4v) is 1.37. The smallest absolute Gasteiger partial charge is 0.320 e. The highest BCUT2D eigenvalue weighted by Crippen LogP contribution is 2.00. The van der Waals surface area contributed by atoms with Gasteiger partial charge in [-0.15, -0.1) is 0 Å². The van der Waals surface area contributed by atoms with E-state index in [2.05, 4.69) is 5.32 Å². The predicted octanol–water partition coefficient (Wildman–Crippen LogP) is 0.257. The SMILES string of the molecule is CSCC[C@H](NCCC(=O)O)C(=O)O. The van der Waals surface area contributed by atoms with Gasteiger partial charge in [0.2, 0.25) is 0 Å². The second kappa shape index (κ2) is 7.64. The van der Waals surface area contributed by atoms with E-state index < -0.39 is 18.0 Å². The van der Waals surface area contributed by atoms with E-state index in [4.69, 9.17) is 10.2 Å². The first-order valence-electron chi connectivity index (χ1n) is 4.25. The van der Waals surface area contributed by atoms with Crippen molar-refractivity contribution in [3.8, 4) is 0 Å². The number of nitrogens with one attached hydrogen (secondary N) is 1. The van der Waals surface area contributed by atoms with Crippen molar-refractivity contribution in [2.24, 2.45) is 0 Å². The summed E-state index contributed by atoms with van der Waals surface area (Å²) in [7, 11) is 0. The van der Waals surface area contributed by atoms with Crippen LogP contribution in [0.1, 0.15) is 12.8 Å². The van der Waals surface area contributed by atoms with Crippen LogP contribution < -0.4 is 5.32 Å². The molecule has 0 saturated carbocycles. The average molecular weight is 221 g/mol. The molecule has 0 rings (SSSR count). The van der Waals surface area contributed by atoms with Crippen molar-refractivity contribution in [2.75, 3.05) is 18.6 Å². The summed E-state index contributed by atoms with van der Waals surface area (Å²) in [4.78, 5) is 20.8. The highest BCUT2D eigenvalue weighted by molar-refractivity contribution is 7.98. The average Bonchev–Trinajstić information content (AvgIpc) is 2.09. The van der Waals surface area contributed by atoms with Crippen LogP contribution in [-0.2, 0) is 9.59 Å². The van der Waals surface area contributed by atoms with E-state index in [0.29, 0.717) is 6.42 Å². The minimum absolute atomic E-state index is 0.0525. The van der Waals surface area contributed by atoms with Crippen LogP contribution in [0.4, 0.5) is 0 Å². The van der Waals surface area contributed by atoms with Gasteiger partial charge in [0.1, 0.15) is 6.04 Å². The first kappa shape index (κ1) is 13.2. The Kier molecular flexibility index (Phi) is 7.23. The Morgan fingerprint density at radius 3 is 2.50 bits per heavy atom. The molecule has 14 heavy (non-hydrogen) atoms. The molecule has 0 aromatic heterocycles. The topological polar surface area (TPSA) is 86.6 Å². The van der Waals surface area contributed by atoms with Crippen LogP contribution in [0.25, 0.3) is 0 Å². The quantitative estimate of drug-likeness (QED) is 0.545. The number of carboxylic acids is 2. The summed E-state index contributed by atoms with van der Waals surface area (Å²) in [6, 6.07) is -0.637. The Morgan fingerprint density at radius 2 is 2.07 bits per heavy atom. The fourth-order valence-electron chi connectivity index (χ4n) is 0.902. The van der Waals surface area contributed by atoms with Crippen molar-refractivity contribution in [3.63, 3.8) is 0 Å². The Hall–Kier alpha value is -0.750. The van der Waals surface area contributed by atoms with Gasteiger partial charge < -0.3 is 15.5 Å². The van der Waals surface area contributed by atoms with Gasteiger partial charge in [0.25, 0.3) is 0 Å². The van der Waals surface area contributed by atoms with Crippen molar-refractivity contribution in [1.29, 1.82) is 0 Å². The van der Waals surface area contributed by atoms with Crippen LogP contribution in [-0.4, -0.2) is 46.7 Å². The maximum Gasteiger partial charge on any atom is 0.320 e. The monoisotopic (exact) mass is 221 g/mol. The van der Waals surface area contributed by atoms with Crippen LogP contribution in [0, 0.1) is 0 Å². The lowest BCUT2D eigenvalue weighted by Crippen LogP contribution is -2.38. The van der Waals surface area contributed by atoms with Crippen LogP contribution in [0.2, 0.25) is 0 Å². The Labute approximate surface area is 86.9 Å². The third kappa shape index (κ3) is 6.73. The van der Waals surface area contributed by atoms with Crippen LogP contribution in [0.5, 0.6) is 0 Å². The van der Waals surface area contributed by atoms with E-state index in [1.165, 1.54) is 0 Å². The third-order valence-electron chi connectivity index (χ3n) is 1.64. The summed E-state index contributed by atoms with van der Waals surface area (Å²) in [6.45, 7) is 0.195. The van der Waals surface area contributed by atoms with Gasteiger partial charge >= 0.3 is 11.9 Å². The molecule has 0 aliphatic rings. The van der Waals surface area contributed by atoms with Crippen molar-refractivity contribution >= 4 is 23.7 Å². The molecule has 0 amide bonds. The predicted molar refractivity (Wildman–Crippen MR) is 54.7 cm³/mol. The van der Waals surface area contributed by atoms with Crippen molar-refractivity contribution in [2.45, 2.75) is 18.9 Å². The number of carbonyl (C=O) groups is 2. The maximum atomic E-state index is 10.7. The van der Waals surface area contributed by atoms with Crippen LogP contribution in [0.3, 0.4) is 0 Å². The van der Waals surface area contributed by atoms with Gasteiger partial charge in [0.05, 0.1) is 6.42 Å². The molecular weight excluding hydrogens is 206 g/mol. The zero-order valence-corrected chi connectivity index (χ0v) is 8.84. The van der Waals surface area contributed by atoms with Crippen molar-refractivity contribution in [1.82, 2.24) is 5.32 Å². The van der Waals surface area contributed by atoms with E-state index in [9.17, 15) is 9.59 Å². The normalized spacial score (nSPS) is 12.4. The van der Waals surface area contributed by atoms with E-state index in [0.717, 1.165) is 5.75 Å². The molecule has 3 N–H and O–H groups in total. The number of hydrogen-bond donors (Lipinski definition) is 3. The summed E-state index contributed by atoms with van der Waals surface area (Å²) in [5.41, 5.74) is 0. The van der Waals surface area contributed by atoms with Gasteiger partial charge in [-0.3, -0.25) is 9.59 Å². The molecule has 82 valence electrons. The lowest BCUT2D eigenvalue weighted by molar-refractivity contribution is -0.140. The first-order chi connectivity index (χ1) is 6.57. The maximum absolute atomic E-state index is 10.7. The van der Waals surface area contributed by atoms with Gasteiger partial charge in [-0.25, -0.2) is 0 Å². The zero-order chi connectivity index (χ0) is 11.0. The summed E-state index contributed by atoms with van der Waals surface area (Å²) < 4.78 is 0. The van der Waals surface area contributed by atoms with Crippen molar-refractivity contribution < 1.29 is 19.8 Å². The molecule has 0 radical (unpaired) electrons. The summed E-state index contributed by atoms with van der Waals surface area (Å²) >= 11 is 1.57. The van der Waals surface area contributed by atoms with E-state index >= 15 is 0 Å². The van der Waals surface area contributed by atoms with Crippen LogP contribution in [0.15, 0.2) is 0 Å². The molecule has 6 heteroatoms. The third-order valence-corrected chi connectivity index (χ3v) is 2.28.